The number of methoxy groups -OCH3 is 1. The highest BCUT2D eigenvalue weighted by atomic mass is 16.5. The lowest BCUT2D eigenvalue weighted by atomic mass is 10.1. The lowest BCUT2D eigenvalue weighted by Gasteiger charge is -2.16. The van der Waals surface area contributed by atoms with Crippen molar-refractivity contribution in [1.82, 2.24) is 24.4 Å². The summed E-state index contributed by atoms with van der Waals surface area (Å²) in [5.41, 5.74) is 2.24. The average Bonchev–Trinajstić information content (AvgIpc) is 3.31. The minimum Gasteiger partial charge on any atom is -0.383 e. The Bertz CT molecular complexity index is 909. The lowest BCUT2D eigenvalue weighted by molar-refractivity contribution is 0.0784. The molecule has 1 fully saturated rings. The van der Waals surface area contributed by atoms with Crippen molar-refractivity contribution in [2.24, 2.45) is 0 Å². The van der Waals surface area contributed by atoms with Crippen molar-refractivity contribution < 1.29 is 9.53 Å². The van der Waals surface area contributed by atoms with E-state index in [1.54, 1.807) is 25.6 Å². The summed E-state index contributed by atoms with van der Waals surface area (Å²) in [6, 6.07) is 9.28. The molecule has 134 valence electrons. The number of rotatable bonds is 5. The molecule has 0 radical (unpaired) electrons. The van der Waals surface area contributed by atoms with Crippen LogP contribution in [0.25, 0.3) is 11.2 Å². The minimum absolute atomic E-state index is 0.0224. The first-order chi connectivity index (χ1) is 12.8. The molecule has 7 nitrogen and oxygen atoms in total. The van der Waals surface area contributed by atoms with Crippen molar-refractivity contribution in [3.05, 3.63) is 54.2 Å². The number of fused-ring (bicyclic) bond motifs is 1. The van der Waals surface area contributed by atoms with E-state index in [2.05, 4.69) is 14.5 Å². The molecule has 4 heterocycles. The molecule has 3 aromatic heterocycles. The van der Waals surface area contributed by atoms with Crippen molar-refractivity contribution in [2.75, 3.05) is 26.8 Å². The summed E-state index contributed by atoms with van der Waals surface area (Å²) in [6.45, 7) is 2.65. The van der Waals surface area contributed by atoms with Crippen molar-refractivity contribution in [2.45, 2.75) is 18.9 Å². The van der Waals surface area contributed by atoms with E-state index in [1.807, 2.05) is 29.2 Å². The third kappa shape index (κ3) is 3.06. The highest BCUT2D eigenvalue weighted by Gasteiger charge is 2.32. The van der Waals surface area contributed by atoms with E-state index in [0.29, 0.717) is 31.9 Å². The summed E-state index contributed by atoms with van der Waals surface area (Å²) in [5.74, 6) is 1.14. The number of nitrogens with zero attached hydrogens (tertiary/aromatic N) is 5. The molecule has 0 aliphatic carbocycles. The molecular formula is C19H21N5O2. The molecule has 1 amide bonds. The van der Waals surface area contributed by atoms with Gasteiger partial charge in [0.05, 0.1) is 6.61 Å². The summed E-state index contributed by atoms with van der Waals surface area (Å²) < 4.78 is 7.37. The Balaban J connectivity index is 1.59. The summed E-state index contributed by atoms with van der Waals surface area (Å²) >= 11 is 0. The van der Waals surface area contributed by atoms with Crippen molar-refractivity contribution in [3.8, 4) is 0 Å². The quantitative estimate of drug-likeness (QED) is 0.704. The molecule has 1 aliphatic heterocycles. The number of carbonyl (C=O) groups excluding carboxylic acids is 1. The second kappa shape index (κ2) is 7.21. The normalized spacial score (nSPS) is 17.1. The predicted molar refractivity (Wildman–Crippen MR) is 96.9 cm³/mol. The van der Waals surface area contributed by atoms with Gasteiger partial charge in [0.1, 0.15) is 17.0 Å². The number of amides is 1. The maximum absolute atomic E-state index is 12.7. The largest absolute Gasteiger partial charge is 0.383 e. The van der Waals surface area contributed by atoms with Gasteiger partial charge in [-0.2, -0.15) is 0 Å². The number of aromatic nitrogens is 4. The van der Waals surface area contributed by atoms with Gasteiger partial charge in [-0.05, 0) is 30.7 Å². The van der Waals surface area contributed by atoms with Crippen molar-refractivity contribution in [1.29, 1.82) is 0 Å². The van der Waals surface area contributed by atoms with Gasteiger partial charge >= 0.3 is 0 Å². The van der Waals surface area contributed by atoms with Crippen LogP contribution in [-0.2, 0) is 11.3 Å². The van der Waals surface area contributed by atoms with Gasteiger partial charge in [-0.25, -0.2) is 9.97 Å². The Kier molecular flexibility index (Phi) is 4.62. The predicted octanol–water partition coefficient (Wildman–Crippen LogP) is 2.10. The molecule has 26 heavy (non-hydrogen) atoms. The second-order valence-electron chi connectivity index (χ2n) is 6.41. The van der Waals surface area contributed by atoms with Crippen LogP contribution < -0.4 is 0 Å². The van der Waals surface area contributed by atoms with Gasteiger partial charge in [0.15, 0.2) is 5.65 Å². The number of pyridine rings is 2. The smallest absolute Gasteiger partial charge is 0.272 e. The van der Waals surface area contributed by atoms with Gasteiger partial charge in [-0.1, -0.05) is 6.07 Å². The van der Waals surface area contributed by atoms with Crippen LogP contribution in [-0.4, -0.2) is 57.1 Å². The average molecular weight is 351 g/mol. The van der Waals surface area contributed by atoms with Gasteiger partial charge in [0.2, 0.25) is 0 Å². The molecule has 7 heteroatoms. The fourth-order valence-corrected chi connectivity index (χ4v) is 3.50. The van der Waals surface area contributed by atoms with Crippen LogP contribution in [0.4, 0.5) is 0 Å². The maximum atomic E-state index is 12.7. The van der Waals surface area contributed by atoms with Crippen LogP contribution >= 0.6 is 0 Å². The summed E-state index contributed by atoms with van der Waals surface area (Å²) in [4.78, 5) is 28.0. The second-order valence-corrected chi connectivity index (χ2v) is 6.41. The molecule has 0 bridgehead atoms. The van der Waals surface area contributed by atoms with Crippen LogP contribution in [0.1, 0.15) is 28.7 Å². The lowest BCUT2D eigenvalue weighted by Crippen LogP contribution is -2.29. The first kappa shape index (κ1) is 16.7. The molecule has 3 aromatic rings. The number of hydrogen-bond acceptors (Lipinski definition) is 5. The third-order valence-electron chi connectivity index (χ3n) is 4.78. The molecule has 4 rings (SSSR count). The van der Waals surface area contributed by atoms with Gasteiger partial charge in [0, 0.05) is 45.1 Å². The van der Waals surface area contributed by atoms with Gasteiger partial charge < -0.3 is 14.2 Å². The minimum atomic E-state index is -0.0224. The summed E-state index contributed by atoms with van der Waals surface area (Å²) in [7, 11) is 1.69. The van der Waals surface area contributed by atoms with E-state index in [1.165, 1.54) is 0 Å². The Labute approximate surface area is 151 Å². The molecule has 0 aromatic carbocycles. The van der Waals surface area contributed by atoms with Crippen LogP contribution in [0, 0.1) is 0 Å². The Morgan fingerprint density at radius 2 is 2.12 bits per heavy atom. The Hall–Kier alpha value is -2.80. The number of imidazole rings is 1. The molecular weight excluding hydrogens is 330 g/mol. The van der Waals surface area contributed by atoms with Crippen molar-refractivity contribution >= 4 is 17.1 Å². The third-order valence-corrected chi connectivity index (χ3v) is 4.78. The van der Waals surface area contributed by atoms with Gasteiger partial charge in [0.25, 0.3) is 5.91 Å². The topological polar surface area (TPSA) is 73.1 Å². The van der Waals surface area contributed by atoms with E-state index >= 15 is 0 Å². The first-order valence-corrected chi connectivity index (χ1v) is 8.78. The van der Waals surface area contributed by atoms with Crippen LogP contribution in [0.3, 0.4) is 0 Å². The van der Waals surface area contributed by atoms with Crippen LogP contribution in [0.15, 0.2) is 42.7 Å². The first-order valence-electron chi connectivity index (χ1n) is 8.78. The van der Waals surface area contributed by atoms with E-state index in [0.717, 1.165) is 23.4 Å². The van der Waals surface area contributed by atoms with E-state index in [4.69, 9.17) is 9.72 Å². The van der Waals surface area contributed by atoms with Gasteiger partial charge in [-0.15, -0.1) is 0 Å². The zero-order valence-electron chi connectivity index (χ0n) is 14.7. The summed E-state index contributed by atoms with van der Waals surface area (Å²) in [5, 5.41) is 0. The fraction of sp³-hybridized carbons (Fsp3) is 0.368. The summed E-state index contributed by atoms with van der Waals surface area (Å²) in [6.07, 6.45) is 4.31. The van der Waals surface area contributed by atoms with E-state index in [9.17, 15) is 4.79 Å². The molecule has 1 atom stereocenters. The highest BCUT2D eigenvalue weighted by molar-refractivity contribution is 5.92. The van der Waals surface area contributed by atoms with E-state index in [-0.39, 0.29) is 11.8 Å². The standard InChI is InChI=1S/C19H21N5O2/c1-26-12-11-24-17(22-15-6-4-9-21-18(15)24)14-7-10-23(13-14)19(25)16-5-2-3-8-20-16/h2-6,8-9,14H,7,10-13H2,1H3/t14-/m0/s1. The molecule has 0 spiro atoms. The molecule has 1 aliphatic rings. The monoisotopic (exact) mass is 351 g/mol. The maximum Gasteiger partial charge on any atom is 0.272 e. The zero-order valence-corrected chi connectivity index (χ0v) is 14.7. The number of ether oxygens (including phenoxy) is 1. The molecule has 0 N–H and O–H groups in total. The molecule has 0 unspecified atom stereocenters. The number of likely N-dealkylation sites (tertiary alicyclic amines) is 1. The molecule has 1 saturated heterocycles. The zero-order chi connectivity index (χ0) is 17.9. The van der Waals surface area contributed by atoms with Gasteiger partial charge in [-0.3, -0.25) is 9.78 Å². The highest BCUT2D eigenvalue weighted by Crippen LogP contribution is 2.29. The Morgan fingerprint density at radius 1 is 1.23 bits per heavy atom. The number of carbonyl (C=O) groups is 1. The van der Waals surface area contributed by atoms with Crippen LogP contribution in [0.2, 0.25) is 0 Å². The molecule has 0 saturated carbocycles. The fourth-order valence-electron chi connectivity index (χ4n) is 3.50. The number of hydrogen-bond donors (Lipinski definition) is 0. The Morgan fingerprint density at radius 3 is 2.92 bits per heavy atom. The SMILES string of the molecule is COCCn1c([C@H]2CCN(C(=O)c3ccccn3)C2)nc2cccnc21. The van der Waals surface area contributed by atoms with Crippen molar-refractivity contribution in [3.63, 3.8) is 0 Å². The van der Waals surface area contributed by atoms with E-state index < -0.39 is 0 Å². The van der Waals surface area contributed by atoms with Crippen LogP contribution in [0.5, 0.6) is 0 Å².